The van der Waals surface area contributed by atoms with Gasteiger partial charge in [-0.25, -0.2) is 0 Å². The van der Waals surface area contributed by atoms with Crippen LogP contribution in [0.2, 0.25) is 0 Å². The topological polar surface area (TPSA) is 63.5 Å². The second kappa shape index (κ2) is 13.6. The van der Waals surface area contributed by atoms with E-state index in [4.69, 9.17) is 4.74 Å². The number of guanidine groups is 1. The van der Waals surface area contributed by atoms with Crippen LogP contribution < -0.4 is 10.6 Å². The summed E-state index contributed by atoms with van der Waals surface area (Å²) in [6.07, 6.45) is 1.91. The van der Waals surface area contributed by atoms with Crippen molar-refractivity contribution in [1.82, 2.24) is 20.4 Å². The summed E-state index contributed by atoms with van der Waals surface area (Å²) in [6, 6.07) is 10.3. The molecule has 2 rings (SSSR count). The molecular weight excluding hydrogens is 477 g/mol. The molecule has 1 unspecified atom stereocenters. The first-order valence-corrected chi connectivity index (χ1v) is 10.2. The lowest BCUT2D eigenvalue weighted by atomic mass is 10.1. The molecule has 2 aromatic rings. The van der Waals surface area contributed by atoms with Gasteiger partial charge in [-0.05, 0) is 24.3 Å². The fraction of sp³-hybridized carbons (Fsp3) is 0.545. The van der Waals surface area contributed by atoms with Gasteiger partial charge in [0.25, 0.3) is 0 Å². The lowest BCUT2D eigenvalue weighted by molar-refractivity contribution is 0.0931. The monoisotopic (exact) mass is 513 g/mol. The van der Waals surface area contributed by atoms with Crippen molar-refractivity contribution in [2.75, 3.05) is 20.2 Å². The largest absolute Gasteiger partial charge is 0.376 e. The molecule has 7 heteroatoms. The molecule has 0 saturated heterocycles. The van der Waals surface area contributed by atoms with Crippen LogP contribution in [0.25, 0.3) is 0 Å². The van der Waals surface area contributed by atoms with Crippen LogP contribution in [-0.2, 0) is 37.8 Å². The average Bonchev–Trinajstić information content (AvgIpc) is 3.03. The minimum absolute atomic E-state index is 0. The Hall–Kier alpha value is -1.61. The third-order valence-electron chi connectivity index (χ3n) is 4.82. The smallest absolute Gasteiger partial charge is 0.191 e. The second-order valence-electron chi connectivity index (χ2n) is 7.12. The van der Waals surface area contributed by atoms with Crippen molar-refractivity contribution in [3.63, 3.8) is 0 Å². The van der Waals surface area contributed by atoms with Gasteiger partial charge in [0.15, 0.2) is 5.96 Å². The minimum Gasteiger partial charge on any atom is -0.376 e. The van der Waals surface area contributed by atoms with Gasteiger partial charge >= 0.3 is 0 Å². The predicted octanol–water partition coefficient (Wildman–Crippen LogP) is 3.68. The maximum atomic E-state index is 5.83. The van der Waals surface area contributed by atoms with Crippen molar-refractivity contribution < 1.29 is 4.74 Å². The summed E-state index contributed by atoms with van der Waals surface area (Å²) in [6.45, 7) is 9.40. The third-order valence-corrected chi connectivity index (χ3v) is 4.82. The molecule has 0 saturated carbocycles. The van der Waals surface area contributed by atoms with E-state index in [9.17, 15) is 0 Å². The highest BCUT2D eigenvalue weighted by Crippen LogP contribution is 2.15. The van der Waals surface area contributed by atoms with Gasteiger partial charge in [0.2, 0.25) is 0 Å². The fourth-order valence-electron chi connectivity index (χ4n) is 3.27. The van der Waals surface area contributed by atoms with Crippen molar-refractivity contribution in [3.8, 4) is 0 Å². The minimum atomic E-state index is 0. The molecule has 0 aliphatic carbocycles. The molecule has 0 aliphatic heterocycles. The molecule has 162 valence electrons. The number of ether oxygens (including phenoxy) is 1. The van der Waals surface area contributed by atoms with E-state index in [0.717, 1.165) is 37.6 Å². The Labute approximate surface area is 192 Å². The number of aliphatic imine (C=N–C) groups is 1. The molecule has 0 amide bonds. The van der Waals surface area contributed by atoms with E-state index in [1.165, 1.54) is 16.8 Å². The molecular formula is C22H36IN5O. The van der Waals surface area contributed by atoms with Crippen LogP contribution in [0.1, 0.15) is 43.3 Å². The Morgan fingerprint density at radius 1 is 1.17 bits per heavy atom. The maximum Gasteiger partial charge on any atom is 0.191 e. The normalized spacial score (nSPS) is 12.4. The van der Waals surface area contributed by atoms with Crippen LogP contribution in [0.5, 0.6) is 0 Å². The number of halogens is 1. The van der Waals surface area contributed by atoms with E-state index in [1.807, 2.05) is 29.9 Å². The molecule has 0 fully saturated rings. The summed E-state index contributed by atoms with van der Waals surface area (Å²) in [5.74, 6) is 1.20. The quantitative estimate of drug-likeness (QED) is 0.289. The molecule has 0 bridgehead atoms. The summed E-state index contributed by atoms with van der Waals surface area (Å²) in [5, 5.41) is 11.5. The van der Waals surface area contributed by atoms with Crippen LogP contribution in [0.4, 0.5) is 0 Å². The number of hydrogen-bond acceptors (Lipinski definition) is 3. The molecule has 1 aromatic heterocycles. The molecule has 1 aromatic carbocycles. The molecule has 2 N–H and O–H groups in total. The predicted molar refractivity (Wildman–Crippen MR) is 131 cm³/mol. The molecule has 29 heavy (non-hydrogen) atoms. The van der Waals surface area contributed by atoms with E-state index in [1.54, 1.807) is 7.05 Å². The van der Waals surface area contributed by atoms with Gasteiger partial charge in [-0.1, -0.05) is 51.1 Å². The zero-order chi connectivity index (χ0) is 20.4. The number of benzene rings is 1. The zero-order valence-corrected chi connectivity index (χ0v) is 20.7. The molecule has 6 nitrogen and oxygen atoms in total. The van der Waals surface area contributed by atoms with Gasteiger partial charge in [-0.15, -0.1) is 24.0 Å². The molecule has 0 spiro atoms. The van der Waals surface area contributed by atoms with Crippen molar-refractivity contribution in [2.45, 2.75) is 46.8 Å². The van der Waals surface area contributed by atoms with Crippen molar-refractivity contribution in [3.05, 3.63) is 52.8 Å². The molecule has 1 atom stereocenters. The first kappa shape index (κ1) is 25.4. The summed E-state index contributed by atoms with van der Waals surface area (Å²) in [4.78, 5) is 4.35. The van der Waals surface area contributed by atoms with Gasteiger partial charge in [0.05, 0.1) is 18.9 Å². The first-order valence-electron chi connectivity index (χ1n) is 10.2. The van der Waals surface area contributed by atoms with Gasteiger partial charge in [0.1, 0.15) is 0 Å². The number of aryl methyl sites for hydroxylation is 2. The summed E-state index contributed by atoms with van der Waals surface area (Å²) in [5.41, 5.74) is 4.93. The van der Waals surface area contributed by atoms with E-state index < -0.39 is 0 Å². The van der Waals surface area contributed by atoms with Gasteiger partial charge in [-0.3, -0.25) is 9.67 Å². The first-order chi connectivity index (χ1) is 13.6. The lowest BCUT2D eigenvalue weighted by Crippen LogP contribution is -2.39. The number of rotatable bonds is 10. The Kier molecular flexibility index (Phi) is 11.9. The number of hydrogen-bond donors (Lipinski definition) is 2. The Morgan fingerprint density at radius 3 is 2.52 bits per heavy atom. The highest BCUT2D eigenvalue weighted by molar-refractivity contribution is 14.0. The summed E-state index contributed by atoms with van der Waals surface area (Å²) < 4.78 is 7.83. The molecule has 0 radical (unpaired) electrons. The number of nitrogens with one attached hydrogen (secondary N) is 2. The van der Waals surface area contributed by atoms with Crippen LogP contribution in [0, 0.1) is 5.92 Å². The van der Waals surface area contributed by atoms with Crippen LogP contribution >= 0.6 is 24.0 Å². The molecule has 1 heterocycles. The highest BCUT2D eigenvalue weighted by Gasteiger charge is 2.14. The van der Waals surface area contributed by atoms with Crippen molar-refractivity contribution >= 4 is 29.9 Å². The van der Waals surface area contributed by atoms with Gasteiger partial charge in [0, 0.05) is 38.4 Å². The van der Waals surface area contributed by atoms with Crippen LogP contribution in [-0.4, -0.2) is 35.9 Å². The Bertz CT molecular complexity index is 745. The maximum absolute atomic E-state index is 5.83. The SMILES string of the molecule is CCc1nn(C)c(CC)c1CNC(=NC)NCC(C)COCc1ccccc1.I. The molecule has 0 aliphatic rings. The number of nitrogens with zero attached hydrogens (tertiary/aromatic N) is 3. The zero-order valence-electron chi connectivity index (χ0n) is 18.4. The van der Waals surface area contributed by atoms with Gasteiger partial charge in [-0.2, -0.15) is 5.10 Å². The summed E-state index contributed by atoms with van der Waals surface area (Å²) >= 11 is 0. The summed E-state index contributed by atoms with van der Waals surface area (Å²) in [7, 11) is 3.82. The van der Waals surface area contributed by atoms with E-state index in [2.05, 4.69) is 53.6 Å². The van der Waals surface area contributed by atoms with E-state index >= 15 is 0 Å². The number of aromatic nitrogens is 2. The van der Waals surface area contributed by atoms with Crippen molar-refractivity contribution in [1.29, 1.82) is 0 Å². The van der Waals surface area contributed by atoms with Crippen LogP contribution in [0.15, 0.2) is 35.3 Å². The average molecular weight is 513 g/mol. The third kappa shape index (κ3) is 7.97. The van der Waals surface area contributed by atoms with Crippen molar-refractivity contribution in [2.24, 2.45) is 18.0 Å². The van der Waals surface area contributed by atoms with E-state index in [-0.39, 0.29) is 24.0 Å². The Balaban J connectivity index is 0.00000420. The second-order valence-corrected chi connectivity index (χ2v) is 7.12. The van der Waals surface area contributed by atoms with Crippen LogP contribution in [0.3, 0.4) is 0 Å². The Morgan fingerprint density at radius 2 is 1.90 bits per heavy atom. The highest BCUT2D eigenvalue weighted by atomic mass is 127. The fourth-order valence-corrected chi connectivity index (χ4v) is 3.27. The van der Waals surface area contributed by atoms with E-state index in [0.29, 0.717) is 19.1 Å². The lowest BCUT2D eigenvalue weighted by Gasteiger charge is -2.17. The van der Waals surface area contributed by atoms with Gasteiger partial charge < -0.3 is 15.4 Å². The standard InChI is InChI=1S/C22H35N5O.HI/c1-6-20-19(21(7-2)27(5)26-20)14-25-22(23-4)24-13-17(3)15-28-16-18-11-9-8-10-12-18;/h8-12,17H,6-7,13-16H2,1-5H3,(H2,23,24,25);1H.